The van der Waals surface area contributed by atoms with E-state index in [0.29, 0.717) is 0 Å². The van der Waals surface area contributed by atoms with Crippen LogP contribution in [0, 0.1) is 3.57 Å². The SMILES string of the molecule is CC(C)(O)CCNc1ccccc1I. The monoisotopic (exact) mass is 305 g/mol. The second kappa shape index (κ2) is 4.98. The standard InChI is InChI=1S/C11H16INO/c1-11(2,14)7-8-13-10-6-4-3-5-9(10)12/h3-6,13-14H,7-8H2,1-2H3. The molecule has 0 fully saturated rings. The Kier molecular flexibility index (Phi) is 4.19. The fraction of sp³-hybridized carbons (Fsp3) is 0.455. The van der Waals surface area contributed by atoms with Gasteiger partial charge in [-0.05, 0) is 55.0 Å². The van der Waals surface area contributed by atoms with E-state index in [1.54, 1.807) is 0 Å². The predicted molar refractivity (Wildman–Crippen MR) is 68.6 cm³/mol. The summed E-state index contributed by atoms with van der Waals surface area (Å²) < 4.78 is 1.21. The summed E-state index contributed by atoms with van der Waals surface area (Å²) in [6.45, 7) is 4.44. The van der Waals surface area contributed by atoms with Crippen molar-refractivity contribution in [2.75, 3.05) is 11.9 Å². The Hall–Kier alpha value is -0.290. The normalized spacial score (nSPS) is 11.4. The molecule has 0 heterocycles. The predicted octanol–water partition coefficient (Wildman–Crippen LogP) is 2.86. The second-order valence-electron chi connectivity index (χ2n) is 3.97. The highest BCUT2D eigenvalue weighted by Crippen LogP contribution is 2.17. The zero-order chi connectivity index (χ0) is 10.6. The van der Waals surface area contributed by atoms with E-state index in [2.05, 4.69) is 34.0 Å². The maximum absolute atomic E-state index is 9.52. The molecule has 0 saturated carbocycles. The molecule has 0 unspecified atom stereocenters. The topological polar surface area (TPSA) is 32.3 Å². The Bertz CT molecular complexity index is 294. The van der Waals surface area contributed by atoms with Crippen LogP contribution in [-0.2, 0) is 0 Å². The molecule has 2 N–H and O–H groups in total. The zero-order valence-corrected chi connectivity index (χ0v) is 10.7. The molecule has 78 valence electrons. The first-order valence-electron chi connectivity index (χ1n) is 4.70. The van der Waals surface area contributed by atoms with Crippen LogP contribution in [0.1, 0.15) is 20.3 Å². The van der Waals surface area contributed by atoms with Gasteiger partial charge < -0.3 is 10.4 Å². The lowest BCUT2D eigenvalue weighted by atomic mass is 10.1. The van der Waals surface area contributed by atoms with Gasteiger partial charge in [0.15, 0.2) is 0 Å². The van der Waals surface area contributed by atoms with E-state index in [-0.39, 0.29) is 0 Å². The third-order valence-electron chi connectivity index (χ3n) is 1.93. The highest BCUT2D eigenvalue weighted by Gasteiger charge is 2.11. The molecule has 0 atom stereocenters. The molecule has 1 aromatic carbocycles. The second-order valence-corrected chi connectivity index (χ2v) is 5.13. The minimum absolute atomic E-state index is 0.590. The summed E-state index contributed by atoms with van der Waals surface area (Å²) in [5, 5.41) is 12.8. The Labute approximate surface area is 98.9 Å². The lowest BCUT2D eigenvalue weighted by molar-refractivity contribution is 0.0749. The summed E-state index contributed by atoms with van der Waals surface area (Å²) >= 11 is 2.30. The summed E-state index contributed by atoms with van der Waals surface area (Å²) in [6.07, 6.45) is 0.748. The maximum Gasteiger partial charge on any atom is 0.0608 e. The average Bonchev–Trinajstić information content (AvgIpc) is 2.06. The first kappa shape index (κ1) is 11.8. The van der Waals surface area contributed by atoms with Gasteiger partial charge in [-0.3, -0.25) is 0 Å². The van der Waals surface area contributed by atoms with Gasteiger partial charge in [-0.25, -0.2) is 0 Å². The summed E-state index contributed by atoms with van der Waals surface area (Å²) in [4.78, 5) is 0. The van der Waals surface area contributed by atoms with Crippen molar-refractivity contribution in [3.63, 3.8) is 0 Å². The molecule has 0 aliphatic heterocycles. The number of para-hydroxylation sites is 1. The van der Waals surface area contributed by atoms with E-state index in [9.17, 15) is 5.11 Å². The molecule has 0 radical (unpaired) electrons. The molecule has 0 spiro atoms. The molecule has 0 aromatic heterocycles. The summed E-state index contributed by atoms with van der Waals surface area (Å²) in [5.74, 6) is 0. The average molecular weight is 305 g/mol. The van der Waals surface area contributed by atoms with Crippen LogP contribution in [0.25, 0.3) is 0 Å². The van der Waals surface area contributed by atoms with Gasteiger partial charge in [-0.15, -0.1) is 0 Å². The largest absolute Gasteiger partial charge is 0.390 e. The zero-order valence-electron chi connectivity index (χ0n) is 8.55. The van der Waals surface area contributed by atoms with Crippen molar-refractivity contribution in [3.8, 4) is 0 Å². The number of aliphatic hydroxyl groups is 1. The van der Waals surface area contributed by atoms with E-state index in [0.717, 1.165) is 18.7 Å². The van der Waals surface area contributed by atoms with Crippen LogP contribution in [0.5, 0.6) is 0 Å². The summed E-state index contributed by atoms with van der Waals surface area (Å²) in [5.41, 5.74) is 0.546. The molecule has 2 nitrogen and oxygen atoms in total. The van der Waals surface area contributed by atoms with E-state index < -0.39 is 5.60 Å². The molecule has 0 saturated heterocycles. The number of anilines is 1. The Morgan fingerprint density at radius 2 is 2.00 bits per heavy atom. The minimum atomic E-state index is -0.590. The van der Waals surface area contributed by atoms with E-state index in [4.69, 9.17) is 0 Å². The van der Waals surface area contributed by atoms with Gasteiger partial charge in [0.2, 0.25) is 0 Å². The van der Waals surface area contributed by atoms with Crippen molar-refractivity contribution in [1.82, 2.24) is 0 Å². The van der Waals surface area contributed by atoms with E-state index >= 15 is 0 Å². The van der Waals surface area contributed by atoms with Gasteiger partial charge in [-0.1, -0.05) is 12.1 Å². The number of hydrogen-bond acceptors (Lipinski definition) is 2. The van der Waals surface area contributed by atoms with Crippen LogP contribution in [0.15, 0.2) is 24.3 Å². The van der Waals surface area contributed by atoms with Gasteiger partial charge in [0, 0.05) is 15.8 Å². The molecule has 0 aliphatic rings. The molecule has 1 rings (SSSR count). The van der Waals surface area contributed by atoms with Crippen molar-refractivity contribution in [2.24, 2.45) is 0 Å². The van der Waals surface area contributed by atoms with Crippen LogP contribution < -0.4 is 5.32 Å². The summed E-state index contributed by atoms with van der Waals surface area (Å²) in [7, 11) is 0. The lowest BCUT2D eigenvalue weighted by Crippen LogP contribution is -2.22. The third kappa shape index (κ3) is 4.28. The van der Waals surface area contributed by atoms with Crippen molar-refractivity contribution in [2.45, 2.75) is 25.9 Å². The van der Waals surface area contributed by atoms with Crippen molar-refractivity contribution < 1.29 is 5.11 Å². The number of rotatable bonds is 4. The molecular formula is C11H16INO. The fourth-order valence-corrected chi connectivity index (χ4v) is 1.69. The van der Waals surface area contributed by atoms with Crippen LogP contribution in [-0.4, -0.2) is 17.3 Å². The highest BCUT2D eigenvalue weighted by atomic mass is 127. The first-order valence-corrected chi connectivity index (χ1v) is 5.78. The summed E-state index contributed by atoms with van der Waals surface area (Å²) in [6, 6.07) is 8.14. The Morgan fingerprint density at radius 3 is 2.57 bits per heavy atom. The van der Waals surface area contributed by atoms with Crippen LogP contribution in [0.3, 0.4) is 0 Å². The van der Waals surface area contributed by atoms with Gasteiger partial charge in [0.25, 0.3) is 0 Å². The Morgan fingerprint density at radius 1 is 1.36 bits per heavy atom. The molecular weight excluding hydrogens is 289 g/mol. The van der Waals surface area contributed by atoms with Gasteiger partial charge in [-0.2, -0.15) is 0 Å². The van der Waals surface area contributed by atoms with Crippen LogP contribution in [0.2, 0.25) is 0 Å². The van der Waals surface area contributed by atoms with Crippen LogP contribution in [0.4, 0.5) is 5.69 Å². The number of nitrogens with one attached hydrogen (secondary N) is 1. The highest BCUT2D eigenvalue weighted by molar-refractivity contribution is 14.1. The van der Waals surface area contributed by atoms with Gasteiger partial charge in [0.05, 0.1) is 5.60 Å². The third-order valence-corrected chi connectivity index (χ3v) is 2.87. The van der Waals surface area contributed by atoms with Crippen molar-refractivity contribution >= 4 is 28.3 Å². The molecule has 14 heavy (non-hydrogen) atoms. The molecule has 3 heteroatoms. The first-order chi connectivity index (χ1) is 6.49. The van der Waals surface area contributed by atoms with E-state index in [1.165, 1.54) is 3.57 Å². The number of hydrogen-bond donors (Lipinski definition) is 2. The quantitative estimate of drug-likeness (QED) is 0.838. The fourth-order valence-electron chi connectivity index (χ4n) is 1.11. The van der Waals surface area contributed by atoms with Crippen molar-refractivity contribution in [3.05, 3.63) is 27.8 Å². The van der Waals surface area contributed by atoms with E-state index in [1.807, 2.05) is 32.0 Å². The minimum Gasteiger partial charge on any atom is -0.390 e. The molecule has 0 bridgehead atoms. The van der Waals surface area contributed by atoms with Gasteiger partial charge in [0.1, 0.15) is 0 Å². The molecule has 1 aromatic rings. The smallest absolute Gasteiger partial charge is 0.0608 e. The molecule has 0 amide bonds. The van der Waals surface area contributed by atoms with Gasteiger partial charge >= 0.3 is 0 Å². The lowest BCUT2D eigenvalue weighted by Gasteiger charge is -2.17. The maximum atomic E-state index is 9.52. The number of benzene rings is 1. The number of halogens is 1. The Balaban J connectivity index is 2.43. The van der Waals surface area contributed by atoms with Crippen LogP contribution >= 0.6 is 22.6 Å². The van der Waals surface area contributed by atoms with Crippen molar-refractivity contribution in [1.29, 1.82) is 0 Å². The molecule has 0 aliphatic carbocycles.